The van der Waals surface area contributed by atoms with Crippen molar-refractivity contribution in [1.82, 2.24) is 0 Å². The van der Waals surface area contributed by atoms with Crippen LogP contribution in [-0.4, -0.2) is 12.4 Å². The number of allylic oxidation sites excluding steroid dienone is 1. The summed E-state index contributed by atoms with van der Waals surface area (Å²) in [5.74, 6) is -0.128. The third kappa shape index (κ3) is 2.82. The van der Waals surface area contributed by atoms with Crippen LogP contribution in [0.3, 0.4) is 0 Å². The summed E-state index contributed by atoms with van der Waals surface area (Å²) in [5.41, 5.74) is 0.801. The maximum atomic E-state index is 13.3. The van der Waals surface area contributed by atoms with Crippen LogP contribution in [0.5, 0.6) is 5.75 Å². The second kappa shape index (κ2) is 5.51. The molecule has 0 aromatic heterocycles. The van der Waals surface area contributed by atoms with Gasteiger partial charge in [-0.2, -0.15) is 0 Å². The number of hydrogen-bond acceptors (Lipinski definition) is 1. The van der Waals surface area contributed by atoms with Crippen LogP contribution in [0.25, 0.3) is 6.08 Å². The van der Waals surface area contributed by atoms with Crippen LogP contribution in [0.15, 0.2) is 22.7 Å². The Kier molecular flexibility index (Phi) is 4.62. The van der Waals surface area contributed by atoms with E-state index in [1.807, 2.05) is 12.2 Å². The van der Waals surface area contributed by atoms with Gasteiger partial charge in [0.05, 0.1) is 11.6 Å². The molecule has 0 atom stereocenters. The van der Waals surface area contributed by atoms with Crippen molar-refractivity contribution in [1.29, 1.82) is 0 Å². The van der Waals surface area contributed by atoms with E-state index in [2.05, 4.69) is 31.9 Å². The fourth-order valence-corrected chi connectivity index (χ4v) is 1.85. The van der Waals surface area contributed by atoms with Crippen molar-refractivity contribution in [2.24, 2.45) is 0 Å². The molecular weight excluding hydrogens is 315 g/mol. The third-order valence-electron chi connectivity index (χ3n) is 1.62. The first-order valence-corrected chi connectivity index (χ1v) is 5.86. The minimum Gasteiger partial charge on any atom is -0.492 e. The summed E-state index contributed by atoms with van der Waals surface area (Å²) < 4.78 is 18.8. The molecule has 0 saturated carbocycles. The number of alkyl halides is 1. The van der Waals surface area contributed by atoms with Gasteiger partial charge < -0.3 is 4.74 Å². The van der Waals surface area contributed by atoms with E-state index in [0.717, 1.165) is 10.9 Å². The average molecular weight is 324 g/mol. The summed E-state index contributed by atoms with van der Waals surface area (Å²) in [7, 11) is 1.44. The predicted molar refractivity (Wildman–Crippen MR) is 63.5 cm³/mol. The summed E-state index contributed by atoms with van der Waals surface area (Å²) in [6, 6.07) is 3.24. The van der Waals surface area contributed by atoms with Crippen molar-refractivity contribution in [2.75, 3.05) is 12.4 Å². The van der Waals surface area contributed by atoms with Gasteiger partial charge in [-0.05, 0) is 33.6 Å². The van der Waals surface area contributed by atoms with Crippen LogP contribution >= 0.6 is 31.9 Å². The van der Waals surface area contributed by atoms with Crippen molar-refractivity contribution in [3.63, 3.8) is 0 Å². The number of rotatable bonds is 3. The molecule has 0 N–H and O–H groups in total. The lowest BCUT2D eigenvalue weighted by atomic mass is 10.2. The van der Waals surface area contributed by atoms with Gasteiger partial charge in [0.2, 0.25) is 0 Å². The number of halogens is 3. The number of methoxy groups -OCH3 is 1. The molecule has 0 aliphatic rings. The normalized spacial score (nSPS) is 10.9. The maximum absolute atomic E-state index is 13.3. The van der Waals surface area contributed by atoms with Crippen molar-refractivity contribution in [2.45, 2.75) is 0 Å². The fraction of sp³-hybridized carbons (Fsp3) is 0.200. The van der Waals surface area contributed by atoms with Gasteiger partial charge in [-0.3, -0.25) is 0 Å². The fourth-order valence-electron chi connectivity index (χ4n) is 1.05. The SMILES string of the molecule is COc1c(F)cc(/C=C/CBr)cc1Br. The van der Waals surface area contributed by atoms with Crippen molar-refractivity contribution < 1.29 is 9.13 Å². The molecule has 1 rings (SSSR count). The molecule has 0 heterocycles. The zero-order chi connectivity index (χ0) is 10.6. The lowest BCUT2D eigenvalue weighted by Crippen LogP contribution is -1.90. The maximum Gasteiger partial charge on any atom is 0.168 e. The topological polar surface area (TPSA) is 9.23 Å². The quantitative estimate of drug-likeness (QED) is 0.764. The molecule has 1 aromatic carbocycles. The van der Waals surface area contributed by atoms with Crippen LogP contribution in [0, 0.1) is 5.82 Å². The van der Waals surface area contributed by atoms with E-state index in [1.54, 1.807) is 6.07 Å². The van der Waals surface area contributed by atoms with Crippen molar-refractivity contribution >= 4 is 37.9 Å². The molecule has 0 bridgehead atoms. The van der Waals surface area contributed by atoms with E-state index in [-0.39, 0.29) is 11.6 Å². The van der Waals surface area contributed by atoms with Gasteiger partial charge >= 0.3 is 0 Å². The molecule has 0 aliphatic heterocycles. The second-order valence-electron chi connectivity index (χ2n) is 2.57. The second-order valence-corrected chi connectivity index (χ2v) is 4.08. The minimum atomic E-state index is -0.365. The van der Waals surface area contributed by atoms with Crippen LogP contribution in [0.1, 0.15) is 5.56 Å². The highest BCUT2D eigenvalue weighted by molar-refractivity contribution is 9.10. The molecule has 0 unspecified atom stereocenters. The van der Waals surface area contributed by atoms with E-state index < -0.39 is 0 Å². The summed E-state index contributed by atoms with van der Waals surface area (Å²) >= 11 is 6.49. The van der Waals surface area contributed by atoms with Crippen LogP contribution in [0.4, 0.5) is 4.39 Å². The van der Waals surface area contributed by atoms with Gasteiger partial charge in [-0.15, -0.1) is 0 Å². The van der Waals surface area contributed by atoms with Crippen LogP contribution in [-0.2, 0) is 0 Å². The summed E-state index contributed by atoms with van der Waals surface area (Å²) in [4.78, 5) is 0. The highest BCUT2D eigenvalue weighted by atomic mass is 79.9. The molecule has 76 valence electrons. The molecule has 0 fully saturated rings. The Hall–Kier alpha value is -0.350. The highest BCUT2D eigenvalue weighted by Crippen LogP contribution is 2.29. The smallest absolute Gasteiger partial charge is 0.168 e. The standard InChI is InChI=1S/C10H9Br2FO/c1-14-10-8(12)5-7(3-2-4-11)6-9(10)13/h2-3,5-6H,4H2,1H3/b3-2+. The van der Waals surface area contributed by atoms with E-state index in [1.165, 1.54) is 13.2 Å². The van der Waals surface area contributed by atoms with E-state index in [9.17, 15) is 4.39 Å². The molecule has 1 nitrogen and oxygen atoms in total. The molecule has 0 aliphatic carbocycles. The van der Waals surface area contributed by atoms with Crippen molar-refractivity contribution in [3.05, 3.63) is 34.1 Å². The molecule has 14 heavy (non-hydrogen) atoms. The monoisotopic (exact) mass is 322 g/mol. The zero-order valence-corrected chi connectivity index (χ0v) is 10.7. The van der Waals surface area contributed by atoms with E-state index >= 15 is 0 Å². The van der Waals surface area contributed by atoms with Gasteiger partial charge in [0.25, 0.3) is 0 Å². The Bertz CT molecular complexity index is 327. The van der Waals surface area contributed by atoms with Gasteiger partial charge in [0.1, 0.15) is 0 Å². The summed E-state index contributed by atoms with van der Waals surface area (Å²) in [6.45, 7) is 0. The Morgan fingerprint density at radius 2 is 2.21 bits per heavy atom. The Morgan fingerprint density at radius 1 is 1.50 bits per heavy atom. The summed E-state index contributed by atoms with van der Waals surface area (Å²) in [5, 5.41) is 0.748. The number of benzene rings is 1. The Morgan fingerprint density at radius 3 is 2.71 bits per heavy atom. The number of ether oxygens (including phenoxy) is 1. The van der Waals surface area contributed by atoms with Crippen molar-refractivity contribution in [3.8, 4) is 5.75 Å². The first kappa shape index (κ1) is 11.7. The lowest BCUT2D eigenvalue weighted by molar-refractivity contribution is 0.383. The molecule has 0 spiro atoms. The van der Waals surface area contributed by atoms with Gasteiger partial charge in [0, 0.05) is 5.33 Å². The Balaban J connectivity index is 3.07. The number of hydrogen-bond donors (Lipinski definition) is 0. The molecule has 0 radical (unpaired) electrons. The van der Waals surface area contributed by atoms with Gasteiger partial charge in [-0.1, -0.05) is 28.1 Å². The first-order valence-electron chi connectivity index (χ1n) is 3.94. The van der Waals surface area contributed by atoms with Crippen LogP contribution < -0.4 is 4.74 Å². The molecule has 4 heteroatoms. The van der Waals surface area contributed by atoms with Gasteiger partial charge in [0.15, 0.2) is 11.6 Å². The van der Waals surface area contributed by atoms with Crippen LogP contribution in [0.2, 0.25) is 0 Å². The molecular formula is C10H9Br2FO. The molecule has 0 saturated heterocycles. The first-order chi connectivity index (χ1) is 6.69. The largest absolute Gasteiger partial charge is 0.492 e. The lowest BCUT2D eigenvalue weighted by Gasteiger charge is -2.05. The minimum absolute atomic E-state index is 0.237. The average Bonchev–Trinajstić information content (AvgIpc) is 2.14. The molecule has 1 aromatic rings. The predicted octanol–water partition coefficient (Wildman–Crippen LogP) is 4.00. The molecule has 0 amide bonds. The highest BCUT2D eigenvalue weighted by Gasteiger charge is 2.07. The van der Waals surface area contributed by atoms with E-state index in [0.29, 0.717) is 4.47 Å². The van der Waals surface area contributed by atoms with Gasteiger partial charge in [-0.25, -0.2) is 4.39 Å². The Labute approximate surface area is 99.2 Å². The zero-order valence-electron chi connectivity index (χ0n) is 7.56. The van der Waals surface area contributed by atoms with E-state index in [4.69, 9.17) is 4.74 Å². The third-order valence-corrected chi connectivity index (χ3v) is 2.59. The summed E-state index contributed by atoms with van der Waals surface area (Å²) in [6.07, 6.45) is 3.73.